The number of phosphoric acid groups is 1. The highest BCUT2D eigenvalue weighted by Crippen LogP contribution is 2.43. The molecular weight excluding hydrogens is 531 g/mol. The second-order valence-corrected chi connectivity index (χ2v) is 11.8. The molecule has 0 saturated heterocycles. The number of amides is 1. The summed E-state index contributed by atoms with van der Waals surface area (Å²) in [5.41, 5.74) is 0. The molecular formula is C30H56N2O7P+. The summed E-state index contributed by atoms with van der Waals surface area (Å²) in [5.74, 6) is 0. The topological polar surface area (TPSA) is 107 Å². The molecule has 10 heteroatoms. The highest BCUT2D eigenvalue weighted by Gasteiger charge is 2.25. The number of nitrogens with zero attached hydrogens (tertiary/aromatic N) is 1. The minimum Gasteiger partial charge on any atom is -0.441 e. The predicted octanol–water partition coefficient (Wildman–Crippen LogP) is 7.11. The van der Waals surface area contributed by atoms with Crippen LogP contribution in [0.15, 0.2) is 30.6 Å². The molecule has 2 unspecified atom stereocenters. The third-order valence-electron chi connectivity index (χ3n) is 6.73. The molecule has 2 N–H and O–H groups in total. The van der Waals surface area contributed by atoms with Crippen LogP contribution in [0.5, 0.6) is 0 Å². The van der Waals surface area contributed by atoms with Crippen molar-refractivity contribution in [2.45, 2.75) is 122 Å². The number of nitrogens with one attached hydrogen (secondary N) is 1. The van der Waals surface area contributed by atoms with Gasteiger partial charge in [-0.3, -0.25) is 9.05 Å². The largest absolute Gasteiger partial charge is 0.472 e. The Hall–Kier alpha value is -1.51. The summed E-state index contributed by atoms with van der Waals surface area (Å²) in [7, 11) is -2.85. The highest BCUT2D eigenvalue weighted by molar-refractivity contribution is 7.47. The van der Waals surface area contributed by atoms with Crippen molar-refractivity contribution in [2.75, 3.05) is 33.5 Å². The van der Waals surface area contributed by atoms with Crippen LogP contribution in [0.25, 0.3) is 0 Å². The van der Waals surface area contributed by atoms with E-state index in [1.54, 1.807) is 0 Å². The molecule has 1 aromatic rings. The number of alkyl carbamates (subject to hydrolysis) is 1. The molecule has 0 aliphatic rings. The zero-order chi connectivity index (χ0) is 29.2. The third kappa shape index (κ3) is 22.2. The molecule has 0 spiro atoms. The number of phosphoric ester groups is 1. The monoisotopic (exact) mass is 587 g/mol. The van der Waals surface area contributed by atoms with E-state index in [9.17, 15) is 14.3 Å². The summed E-state index contributed by atoms with van der Waals surface area (Å²) >= 11 is 0. The summed E-state index contributed by atoms with van der Waals surface area (Å²) in [5, 5.41) is 2.37. The Labute approximate surface area is 242 Å². The van der Waals surface area contributed by atoms with Crippen LogP contribution in [0.3, 0.4) is 0 Å². The standard InChI is InChI=1S/C30H55N2O7P/c1-3-4-5-6-7-8-9-10-11-12-13-14-15-16-17-21-25-36-27-29(39-30(33)31-2)28-38-40(34,35)37-26-24-32-22-19-18-20-23-32/h18-20,22-23,29H,3-17,21,24-28H2,1-2H3,(H-,31,33,34,35)/p+1. The van der Waals surface area contributed by atoms with Crippen LogP contribution < -0.4 is 9.88 Å². The number of hydrogen-bond donors (Lipinski definition) is 2. The smallest absolute Gasteiger partial charge is 0.441 e. The molecule has 2 atom stereocenters. The third-order valence-corrected chi connectivity index (χ3v) is 7.71. The van der Waals surface area contributed by atoms with E-state index in [2.05, 4.69) is 12.2 Å². The molecule has 9 nitrogen and oxygen atoms in total. The summed E-state index contributed by atoms with van der Waals surface area (Å²) in [6, 6.07) is 5.60. The van der Waals surface area contributed by atoms with E-state index >= 15 is 0 Å². The minimum atomic E-state index is -4.29. The maximum atomic E-state index is 12.2. The van der Waals surface area contributed by atoms with Gasteiger partial charge >= 0.3 is 13.9 Å². The first kappa shape index (κ1) is 36.5. The maximum absolute atomic E-state index is 12.2. The molecule has 0 aliphatic heterocycles. The van der Waals surface area contributed by atoms with E-state index in [1.165, 1.54) is 96.9 Å². The lowest BCUT2D eigenvalue weighted by Gasteiger charge is -2.19. The van der Waals surface area contributed by atoms with Gasteiger partial charge in [0.1, 0.15) is 6.61 Å². The van der Waals surface area contributed by atoms with Gasteiger partial charge in [-0.15, -0.1) is 0 Å². The number of rotatable bonds is 27. The van der Waals surface area contributed by atoms with Gasteiger partial charge in [0.05, 0.1) is 13.2 Å². The van der Waals surface area contributed by atoms with Crippen molar-refractivity contribution in [3.63, 3.8) is 0 Å². The lowest BCUT2D eigenvalue weighted by molar-refractivity contribution is -0.697. The molecule has 0 aliphatic carbocycles. The normalized spacial score (nSPS) is 13.6. The zero-order valence-electron chi connectivity index (χ0n) is 25.1. The fourth-order valence-electron chi connectivity index (χ4n) is 4.35. The minimum absolute atomic E-state index is 0.000811. The van der Waals surface area contributed by atoms with Crippen LogP contribution in [0.1, 0.15) is 110 Å². The summed E-state index contributed by atoms with van der Waals surface area (Å²) < 4.78 is 35.0. The van der Waals surface area contributed by atoms with E-state index in [-0.39, 0.29) is 19.8 Å². The first-order valence-corrected chi connectivity index (χ1v) is 17.0. The quantitative estimate of drug-likeness (QED) is 0.0642. The summed E-state index contributed by atoms with van der Waals surface area (Å²) in [4.78, 5) is 21.6. The van der Waals surface area contributed by atoms with Crippen molar-refractivity contribution in [2.24, 2.45) is 0 Å². The summed E-state index contributed by atoms with van der Waals surface area (Å²) in [6.45, 7) is 2.97. The number of aromatic nitrogens is 1. The molecule has 40 heavy (non-hydrogen) atoms. The number of ether oxygens (including phenoxy) is 2. The van der Waals surface area contributed by atoms with E-state index < -0.39 is 20.0 Å². The fraction of sp³-hybridized carbons (Fsp3) is 0.800. The van der Waals surface area contributed by atoms with Gasteiger partial charge < -0.3 is 19.7 Å². The Balaban J connectivity index is 2.05. The number of hydrogen-bond acceptors (Lipinski definition) is 6. The SMILES string of the molecule is CCCCCCCCCCCCCCCCCCOCC(COP(=O)(O)OCC[n+]1ccccc1)OC(=O)NC. The van der Waals surface area contributed by atoms with E-state index in [4.69, 9.17) is 18.5 Å². The molecule has 1 amide bonds. The second kappa shape index (κ2) is 25.2. The molecule has 1 heterocycles. The Morgan fingerprint density at radius 2 is 1.30 bits per heavy atom. The Bertz CT molecular complexity index is 770. The lowest BCUT2D eigenvalue weighted by atomic mass is 10.0. The predicted molar refractivity (Wildman–Crippen MR) is 158 cm³/mol. The van der Waals surface area contributed by atoms with Gasteiger partial charge in [-0.25, -0.2) is 13.9 Å². The number of unbranched alkanes of at least 4 members (excludes halogenated alkanes) is 15. The van der Waals surface area contributed by atoms with Crippen molar-refractivity contribution in [1.29, 1.82) is 0 Å². The molecule has 0 fully saturated rings. The molecule has 0 aromatic carbocycles. The van der Waals surface area contributed by atoms with Gasteiger partial charge in [0.25, 0.3) is 0 Å². The first-order valence-electron chi connectivity index (χ1n) is 15.5. The van der Waals surface area contributed by atoms with Crippen LogP contribution in [0.2, 0.25) is 0 Å². The molecule has 0 radical (unpaired) electrons. The Morgan fingerprint density at radius 3 is 1.82 bits per heavy atom. The van der Waals surface area contributed by atoms with Crippen LogP contribution in [0, 0.1) is 0 Å². The zero-order valence-corrected chi connectivity index (χ0v) is 26.0. The average Bonchev–Trinajstić information content (AvgIpc) is 2.95. The Kier molecular flexibility index (Phi) is 23.0. The number of carbonyl (C=O) groups excluding carboxylic acids is 1. The second-order valence-electron chi connectivity index (χ2n) is 10.4. The van der Waals surface area contributed by atoms with Gasteiger partial charge in [-0.2, -0.15) is 0 Å². The van der Waals surface area contributed by atoms with Crippen molar-refractivity contribution >= 4 is 13.9 Å². The molecule has 0 saturated carbocycles. The number of pyridine rings is 1. The van der Waals surface area contributed by atoms with Gasteiger partial charge in [0.15, 0.2) is 25.0 Å². The highest BCUT2D eigenvalue weighted by atomic mass is 31.2. The van der Waals surface area contributed by atoms with E-state index in [0.717, 1.165) is 12.8 Å². The molecule has 1 aromatic heterocycles. The van der Waals surface area contributed by atoms with Crippen molar-refractivity contribution in [1.82, 2.24) is 5.32 Å². The summed E-state index contributed by atoms with van der Waals surface area (Å²) in [6.07, 6.45) is 23.1. The Morgan fingerprint density at radius 1 is 0.775 bits per heavy atom. The maximum Gasteiger partial charge on any atom is 0.472 e. The van der Waals surface area contributed by atoms with Crippen molar-refractivity contribution in [3.05, 3.63) is 30.6 Å². The van der Waals surface area contributed by atoms with Gasteiger partial charge in [0, 0.05) is 25.8 Å². The van der Waals surface area contributed by atoms with E-state index in [1.807, 2.05) is 35.2 Å². The first-order chi connectivity index (χ1) is 19.5. The van der Waals surface area contributed by atoms with Crippen LogP contribution >= 0.6 is 7.82 Å². The van der Waals surface area contributed by atoms with Crippen LogP contribution in [0.4, 0.5) is 4.79 Å². The van der Waals surface area contributed by atoms with Gasteiger partial charge in [0.2, 0.25) is 0 Å². The average molecular weight is 588 g/mol. The molecule has 0 bridgehead atoms. The molecule has 232 valence electrons. The number of carbonyl (C=O) groups is 1. The van der Waals surface area contributed by atoms with Crippen molar-refractivity contribution in [3.8, 4) is 0 Å². The van der Waals surface area contributed by atoms with Gasteiger partial charge in [-0.05, 0) is 6.42 Å². The van der Waals surface area contributed by atoms with E-state index in [0.29, 0.717) is 13.2 Å². The fourth-order valence-corrected chi connectivity index (χ4v) is 5.09. The van der Waals surface area contributed by atoms with Crippen LogP contribution in [-0.2, 0) is 29.6 Å². The van der Waals surface area contributed by atoms with Gasteiger partial charge in [-0.1, -0.05) is 109 Å². The van der Waals surface area contributed by atoms with Crippen LogP contribution in [-0.4, -0.2) is 50.6 Å². The van der Waals surface area contributed by atoms with Crippen molar-refractivity contribution < 1.29 is 37.3 Å². The molecule has 1 rings (SSSR count). The lowest BCUT2D eigenvalue weighted by Crippen LogP contribution is -2.34.